The predicted octanol–water partition coefficient (Wildman–Crippen LogP) is 4.47. The highest BCUT2D eigenvalue weighted by Crippen LogP contribution is 2.32. The second-order valence-electron chi connectivity index (χ2n) is 6.83. The van der Waals surface area contributed by atoms with Crippen molar-refractivity contribution in [1.29, 1.82) is 0 Å². The molecule has 2 aromatic heterocycles. The minimum absolute atomic E-state index is 0.266. The molecular weight excluding hydrogens is 363 g/mol. The van der Waals surface area contributed by atoms with Crippen LogP contribution < -0.4 is 5.32 Å². The highest BCUT2D eigenvalue weighted by molar-refractivity contribution is 7.84. The quantitative estimate of drug-likeness (QED) is 0.656. The molecule has 1 unspecified atom stereocenters. The number of aromatic amines is 1. The van der Waals surface area contributed by atoms with Crippen LogP contribution in [0.3, 0.4) is 0 Å². The van der Waals surface area contributed by atoms with E-state index in [-0.39, 0.29) is 11.9 Å². The van der Waals surface area contributed by atoms with Gasteiger partial charge in [0.1, 0.15) is 11.6 Å². The number of H-pyrrole nitrogens is 1. The second kappa shape index (κ2) is 8.00. The van der Waals surface area contributed by atoms with E-state index in [1.807, 2.05) is 12.1 Å². The van der Waals surface area contributed by atoms with Gasteiger partial charge in [0.15, 0.2) is 5.16 Å². The summed E-state index contributed by atoms with van der Waals surface area (Å²) in [4.78, 5) is 12.0. The number of halogens is 1. The average molecular weight is 386 g/mol. The number of hydrogen-bond acceptors (Lipinski definition) is 4. The van der Waals surface area contributed by atoms with Gasteiger partial charge in [0.05, 0.1) is 22.2 Å². The van der Waals surface area contributed by atoms with Crippen molar-refractivity contribution >= 4 is 16.6 Å². The van der Waals surface area contributed by atoms with E-state index in [2.05, 4.69) is 41.0 Å². The Morgan fingerprint density at radius 2 is 1.81 bits per heavy atom. The molecule has 2 heterocycles. The molecule has 0 saturated heterocycles. The van der Waals surface area contributed by atoms with Gasteiger partial charge in [0, 0.05) is 29.6 Å². The van der Waals surface area contributed by atoms with Gasteiger partial charge in [-0.25, -0.2) is 14.4 Å². The molecule has 7 heteroatoms. The molecule has 0 fully saturated rings. The van der Waals surface area contributed by atoms with E-state index >= 15 is 0 Å². The lowest BCUT2D eigenvalue weighted by Crippen LogP contribution is -2.22. The summed E-state index contributed by atoms with van der Waals surface area (Å²) in [6.07, 6.45) is 3.29. The van der Waals surface area contributed by atoms with Crippen molar-refractivity contribution in [3.8, 4) is 22.5 Å². The molecule has 0 aliphatic heterocycles. The molecule has 0 radical (unpaired) electrons. The van der Waals surface area contributed by atoms with E-state index in [1.165, 1.54) is 12.1 Å². The standard InChI is InChI=1S/C20H23FN4OS/c1-12(2)13(3)23-17-11-15(9-10-22-17)19-18(24-20(25-19)27(4)26)14-5-7-16(21)8-6-14/h5-13H,1-4H3,(H,22,23)(H,24,25)/t13-,27?/m1/s1. The van der Waals surface area contributed by atoms with Gasteiger partial charge in [0.25, 0.3) is 0 Å². The fraction of sp³-hybridized carbons (Fsp3) is 0.300. The number of rotatable bonds is 6. The van der Waals surface area contributed by atoms with E-state index < -0.39 is 10.8 Å². The number of benzene rings is 1. The van der Waals surface area contributed by atoms with Crippen molar-refractivity contribution < 1.29 is 8.60 Å². The Balaban J connectivity index is 2.05. The first kappa shape index (κ1) is 19.2. The monoisotopic (exact) mass is 386 g/mol. The summed E-state index contributed by atoms with van der Waals surface area (Å²) in [5.74, 6) is 0.905. The van der Waals surface area contributed by atoms with Crippen LogP contribution in [-0.4, -0.2) is 31.5 Å². The van der Waals surface area contributed by atoms with Crippen LogP contribution in [0.15, 0.2) is 47.8 Å². The minimum Gasteiger partial charge on any atom is -0.367 e. The van der Waals surface area contributed by atoms with Gasteiger partial charge in [-0.15, -0.1) is 0 Å². The first-order valence-electron chi connectivity index (χ1n) is 8.77. The average Bonchev–Trinajstić information content (AvgIpc) is 3.08. The SMILES string of the molecule is CC(C)[C@@H](C)Nc1cc(-c2nc(S(C)=O)[nH]c2-c2ccc(F)cc2)ccn1. The van der Waals surface area contributed by atoms with Gasteiger partial charge in [-0.2, -0.15) is 0 Å². The predicted molar refractivity (Wildman–Crippen MR) is 107 cm³/mol. The molecule has 27 heavy (non-hydrogen) atoms. The maximum absolute atomic E-state index is 13.3. The van der Waals surface area contributed by atoms with Gasteiger partial charge in [-0.3, -0.25) is 4.21 Å². The van der Waals surface area contributed by atoms with Crippen LogP contribution in [0, 0.1) is 11.7 Å². The highest BCUT2D eigenvalue weighted by Gasteiger charge is 2.17. The molecule has 0 aliphatic rings. The third kappa shape index (κ3) is 4.42. The molecule has 2 N–H and O–H groups in total. The van der Waals surface area contributed by atoms with Crippen molar-refractivity contribution in [2.75, 3.05) is 11.6 Å². The van der Waals surface area contributed by atoms with E-state index in [1.54, 1.807) is 24.6 Å². The molecule has 1 aromatic carbocycles. The lowest BCUT2D eigenvalue weighted by Gasteiger charge is -2.18. The molecule has 0 bridgehead atoms. The normalized spacial score (nSPS) is 13.6. The molecule has 2 atom stereocenters. The molecular formula is C20H23FN4OS. The van der Waals surface area contributed by atoms with Gasteiger partial charge in [-0.05, 0) is 49.2 Å². The summed E-state index contributed by atoms with van der Waals surface area (Å²) in [6, 6.07) is 10.2. The summed E-state index contributed by atoms with van der Waals surface area (Å²) in [5, 5.41) is 3.77. The Labute approximate surface area is 160 Å². The van der Waals surface area contributed by atoms with E-state index in [0.29, 0.717) is 22.5 Å². The highest BCUT2D eigenvalue weighted by atomic mass is 32.2. The number of anilines is 1. The van der Waals surface area contributed by atoms with E-state index in [0.717, 1.165) is 16.9 Å². The summed E-state index contributed by atoms with van der Waals surface area (Å²) in [6.45, 7) is 6.39. The van der Waals surface area contributed by atoms with Crippen LogP contribution in [0.5, 0.6) is 0 Å². The fourth-order valence-electron chi connectivity index (χ4n) is 2.58. The minimum atomic E-state index is -1.26. The third-order valence-electron chi connectivity index (χ3n) is 4.50. The van der Waals surface area contributed by atoms with Crippen molar-refractivity contribution in [3.05, 3.63) is 48.4 Å². The zero-order valence-corrected chi connectivity index (χ0v) is 16.6. The summed E-state index contributed by atoms with van der Waals surface area (Å²) in [5.41, 5.74) is 2.98. The second-order valence-corrected chi connectivity index (χ2v) is 8.13. The van der Waals surface area contributed by atoms with Crippen LogP contribution >= 0.6 is 0 Å². The lowest BCUT2D eigenvalue weighted by atomic mass is 10.0. The Morgan fingerprint density at radius 3 is 2.44 bits per heavy atom. The topological polar surface area (TPSA) is 70.7 Å². The van der Waals surface area contributed by atoms with Crippen LogP contribution in [0.2, 0.25) is 0 Å². The molecule has 142 valence electrons. The molecule has 0 saturated carbocycles. The molecule has 3 aromatic rings. The molecule has 0 spiro atoms. The molecule has 0 amide bonds. The number of pyridine rings is 1. The van der Waals surface area contributed by atoms with E-state index in [4.69, 9.17) is 0 Å². The number of aromatic nitrogens is 3. The first-order valence-corrected chi connectivity index (χ1v) is 10.3. The number of nitrogens with one attached hydrogen (secondary N) is 2. The molecule has 3 rings (SSSR count). The number of nitrogens with zero attached hydrogens (tertiary/aromatic N) is 2. The van der Waals surface area contributed by atoms with Crippen molar-refractivity contribution in [1.82, 2.24) is 15.0 Å². The van der Waals surface area contributed by atoms with E-state index in [9.17, 15) is 8.60 Å². The zero-order chi connectivity index (χ0) is 19.6. The smallest absolute Gasteiger partial charge is 0.197 e. The van der Waals surface area contributed by atoms with Crippen molar-refractivity contribution in [3.63, 3.8) is 0 Å². The Morgan fingerprint density at radius 1 is 1.11 bits per heavy atom. The van der Waals surface area contributed by atoms with Gasteiger partial charge >= 0.3 is 0 Å². The maximum Gasteiger partial charge on any atom is 0.197 e. The number of hydrogen-bond donors (Lipinski definition) is 2. The fourth-order valence-corrected chi connectivity index (χ4v) is 3.04. The summed E-state index contributed by atoms with van der Waals surface area (Å²) >= 11 is 0. The van der Waals surface area contributed by atoms with Crippen molar-refractivity contribution in [2.24, 2.45) is 5.92 Å². The maximum atomic E-state index is 13.3. The van der Waals surface area contributed by atoms with Crippen LogP contribution in [-0.2, 0) is 10.8 Å². The van der Waals surface area contributed by atoms with Crippen LogP contribution in [0.1, 0.15) is 20.8 Å². The van der Waals surface area contributed by atoms with Gasteiger partial charge in [0.2, 0.25) is 0 Å². The summed E-state index contributed by atoms with van der Waals surface area (Å²) in [7, 11) is -1.26. The molecule has 5 nitrogen and oxygen atoms in total. The first-order chi connectivity index (χ1) is 12.8. The summed E-state index contributed by atoms with van der Waals surface area (Å²) < 4.78 is 25.3. The molecule has 0 aliphatic carbocycles. The largest absolute Gasteiger partial charge is 0.367 e. The Bertz CT molecular complexity index is 953. The third-order valence-corrected chi connectivity index (χ3v) is 5.23. The van der Waals surface area contributed by atoms with Gasteiger partial charge < -0.3 is 10.3 Å². The zero-order valence-electron chi connectivity index (χ0n) is 15.8. The Kier molecular flexibility index (Phi) is 5.70. The Hall–Kier alpha value is -2.54. The van der Waals surface area contributed by atoms with Crippen molar-refractivity contribution in [2.45, 2.75) is 32.0 Å². The lowest BCUT2D eigenvalue weighted by molar-refractivity contribution is 0.558. The van der Waals surface area contributed by atoms with Gasteiger partial charge in [-0.1, -0.05) is 13.8 Å². The van der Waals surface area contributed by atoms with Crippen LogP contribution in [0.4, 0.5) is 10.2 Å². The van der Waals surface area contributed by atoms with Crippen LogP contribution in [0.25, 0.3) is 22.5 Å². The number of imidazole rings is 1.